The van der Waals surface area contributed by atoms with Crippen LogP contribution in [0.25, 0.3) is 0 Å². The molecule has 134 valence electrons. The summed E-state index contributed by atoms with van der Waals surface area (Å²) in [5, 5.41) is 4.15. The van der Waals surface area contributed by atoms with Crippen molar-refractivity contribution in [2.24, 2.45) is 7.05 Å². The van der Waals surface area contributed by atoms with Crippen LogP contribution in [-0.2, 0) is 17.1 Å². The lowest BCUT2D eigenvalue weighted by molar-refractivity contribution is 0.0686. The number of piperazine rings is 1. The molecule has 0 bridgehead atoms. The van der Waals surface area contributed by atoms with Gasteiger partial charge < -0.3 is 4.90 Å². The predicted octanol–water partition coefficient (Wildman–Crippen LogP) is 1.01. The Labute approximate surface area is 145 Å². The number of halogens is 1. The molecular weight excluding hydrogens is 347 g/mol. The fourth-order valence-electron chi connectivity index (χ4n) is 2.90. The summed E-state index contributed by atoms with van der Waals surface area (Å²) in [5.41, 5.74) is 1.20. The first kappa shape index (κ1) is 17.6. The maximum absolute atomic E-state index is 13.8. The van der Waals surface area contributed by atoms with Gasteiger partial charge in [-0.15, -0.1) is 0 Å². The molecule has 0 unspecified atom stereocenters. The van der Waals surface area contributed by atoms with E-state index in [2.05, 4.69) is 5.10 Å². The minimum Gasteiger partial charge on any atom is -0.335 e. The Morgan fingerprint density at radius 3 is 2.36 bits per heavy atom. The zero-order valence-corrected chi connectivity index (χ0v) is 14.8. The van der Waals surface area contributed by atoms with Crippen molar-refractivity contribution >= 4 is 15.9 Å². The smallest absolute Gasteiger partial charge is 0.272 e. The van der Waals surface area contributed by atoms with E-state index < -0.39 is 15.8 Å². The third-order valence-electron chi connectivity index (χ3n) is 4.20. The van der Waals surface area contributed by atoms with Crippen LogP contribution in [-0.4, -0.2) is 59.5 Å². The summed E-state index contributed by atoms with van der Waals surface area (Å²) in [6.07, 6.45) is 0. The molecule has 0 spiro atoms. The molecule has 1 amide bonds. The highest BCUT2D eigenvalue weighted by Crippen LogP contribution is 2.21. The molecule has 0 aliphatic carbocycles. The average Bonchev–Trinajstić information content (AvgIpc) is 2.93. The highest BCUT2D eigenvalue weighted by molar-refractivity contribution is 7.89. The van der Waals surface area contributed by atoms with Crippen molar-refractivity contribution in [3.8, 4) is 0 Å². The molecule has 3 rings (SSSR count). The largest absolute Gasteiger partial charge is 0.335 e. The Hall–Kier alpha value is -2.26. The van der Waals surface area contributed by atoms with E-state index in [9.17, 15) is 17.6 Å². The molecule has 9 heteroatoms. The number of hydrogen-bond donors (Lipinski definition) is 0. The van der Waals surface area contributed by atoms with Crippen molar-refractivity contribution in [1.29, 1.82) is 0 Å². The molecule has 2 heterocycles. The first-order valence-electron chi connectivity index (χ1n) is 7.85. The van der Waals surface area contributed by atoms with Crippen LogP contribution < -0.4 is 0 Å². The van der Waals surface area contributed by atoms with Gasteiger partial charge in [-0.25, -0.2) is 12.8 Å². The van der Waals surface area contributed by atoms with Crippen LogP contribution in [0.4, 0.5) is 4.39 Å². The standard InChI is InChI=1S/C16H19FN4O3S/c1-12-11-14(19(2)18-12)16(22)20-7-9-21(10-8-20)25(23,24)15-6-4-3-5-13(15)17/h3-6,11H,7-10H2,1-2H3. The fraction of sp³-hybridized carbons (Fsp3) is 0.375. The third kappa shape index (κ3) is 3.29. The van der Waals surface area contributed by atoms with Gasteiger partial charge in [-0.3, -0.25) is 9.48 Å². The van der Waals surface area contributed by atoms with E-state index in [1.165, 1.54) is 27.2 Å². The number of aryl methyl sites for hydroxylation is 2. The second-order valence-corrected chi connectivity index (χ2v) is 7.83. The molecule has 25 heavy (non-hydrogen) atoms. The summed E-state index contributed by atoms with van der Waals surface area (Å²) >= 11 is 0. The topological polar surface area (TPSA) is 75.5 Å². The van der Waals surface area contributed by atoms with E-state index in [1.54, 1.807) is 24.9 Å². The van der Waals surface area contributed by atoms with Gasteiger partial charge in [-0.05, 0) is 25.1 Å². The monoisotopic (exact) mass is 366 g/mol. The molecule has 1 saturated heterocycles. The van der Waals surface area contributed by atoms with Crippen LogP contribution in [0.2, 0.25) is 0 Å². The van der Waals surface area contributed by atoms with Crippen LogP contribution in [0.3, 0.4) is 0 Å². The van der Waals surface area contributed by atoms with Gasteiger partial charge in [0.2, 0.25) is 10.0 Å². The van der Waals surface area contributed by atoms with E-state index in [0.29, 0.717) is 5.69 Å². The molecule has 0 atom stereocenters. The predicted molar refractivity (Wildman–Crippen MR) is 89.0 cm³/mol. The second kappa shape index (κ2) is 6.57. The maximum Gasteiger partial charge on any atom is 0.272 e. The zero-order valence-electron chi connectivity index (χ0n) is 14.0. The minimum atomic E-state index is -3.91. The summed E-state index contributed by atoms with van der Waals surface area (Å²) in [6.45, 7) is 2.54. The van der Waals surface area contributed by atoms with Gasteiger partial charge in [0.05, 0.1) is 5.69 Å². The van der Waals surface area contributed by atoms with E-state index >= 15 is 0 Å². The van der Waals surface area contributed by atoms with Gasteiger partial charge >= 0.3 is 0 Å². The van der Waals surface area contributed by atoms with Crippen molar-refractivity contribution in [1.82, 2.24) is 19.0 Å². The van der Waals surface area contributed by atoms with Gasteiger partial charge in [-0.2, -0.15) is 9.40 Å². The third-order valence-corrected chi connectivity index (χ3v) is 6.13. The summed E-state index contributed by atoms with van der Waals surface area (Å²) in [4.78, 5) is 13.8. The highest BCUT2D eigenvalue weighted by atomic mass is 32.2. The summed E-state index contributed by atoms with van der Waals surface area (Å²) in [6, 6.07) is 7.00. The quantitative estimate of drug-likeness (QED) is 0.813. The second-order valence-electron chi connectivity index (χ2n) is 5.92. The molecule has 7 nitrogen and oxygen atoms in total. The van der Waals surface area contributed by atoms with Gasteiger partial charge in [0.1, 0.15) is 16.4 Å². The van der Waals surface area contributed by atoms with Crippen molar-refractivity contribution in [2.75, 3.05) is 26.2 Å². The van der Waals surface area contributed by atoms with Crippen LogP contribution >= 0.6 is 0 Å². The Balaban J connectivity index is 1.73. The van der Waals surface area contributed by atoms with E-state index in [4.69, 9.17) is 0 Å². The van der Waals surface area contributed by atoms with Gasteiger partial charge in [0.15, 0.2) is 0 Å². The number of benzene rings is 1. The van der Waals surface area contributed by atoms with E-state index in [-0.39, 0.29) is 37.0 Å². The lowest BCUT2D eigenvalue weighted by Crippen LogP contribution is -2.50. The Morgan fingerprint density at radius 1 is 1.16 bits per heavy atom. The van der Waals surface area contributed by atoms with Gasteiger partial charge in [0.25, 0.3) is 5.91 Å². The Kier molecular flexibility index (Phi) is 4.61. The molecule has 0 saturated carbocycles. The van der Waals surface area contributed by atoms with Crippen LogP contribution in [0.5, 0.6) is 0 Å². The number of sulfonamides is 1. The van der Waals surface area contributed by atoms with Crippen molar-refractivity contribution in [2.45, 2.75) is 11.8 Å². The fourth-order valence-corrected chi connectivity index (χ4v) is 4.38. The molecular formula is C16H19FN4O3S. The first-order valence-corrected chi connectivity index (χ1v) is 9.29. The van der Waals surface area contributed by atoms with Crippen molar-refractivity contribution in [3.05, 3.63) is 47.5 Å². The number of hydrogen-bond acceptors (Lipinski definition) is 4. The lowest BCUT2D eigenvalue weighted by Gasteiger charge is -2.34. The number of aromatic nitrogens is 2. The Bertz CT molecular complexity index is 902. The summed E-state index contributed by atoms with van der Waals surface area (Å²) in [5.74, 6) is -0.961. The molecule has 1 aromatic carbocycles. The molecule has 0 N–H and O–H groups in total. The number of rotatable bonds is 3. The zero-order chi connectivity index (χ0) is 18.2. The highest BCUT2D eigenvalue weighted by Gasteiger charge is 2.32. The van der Waals surface area contributed by atoms with Gasteiger partial charge in [0, 0.05) is 33.2 Å². The first-order chi connectivity index (χ1) is 11.8. The van der Waals surface area contributed by atoms with Crippen molar-refractivity contribution in [3.63, 3.8) is 0 Å². The SMILES string of the molecule is Cc1cc(C(=O)N2CCN(S(=O)(=O)c3ccccc3F)CC2)n(C)n1. The molecule has 1 aliphatic heterocycles. The van der Waals surface area contributed by atoms with Crippen LogP contribution in [0.15, 0.2) is 35.2 Å². The lowest BCUT2D eigenvalue weighted by atomic mass is 10.3. The van der Waals surface area contributed by atoms with E-state index in [1.807, 2.05) is 0 Å². The Morgan fingerprint density at radius 2 is 1.80 bits per heavy atom. The van der Waals surface area contributed by atoms with E-state index in [0.717, 1.165) is 11.8 Å². The number of amides is 1. The van der Waals surface area contributed by atoms with Gasteiger partial charge in [-0.1, -0.05) is 12.1 Å². The molecule has 0 radical (unpaired) electrons. The normalized spacial score (nSPS) is 16.2. The summed E-state index contributed by atoms with van der Waals surface area (Å²) < 4.78 is 41.7. The molecule has 2 aromatic rings. The number of nitrogens with zero attached hydrogens (tertiary/aromatic N) is 4. The molecule has 1 aliphatic rings. The number of carbonyl (C=O) groups is 1. The minimum absolute atomic E-state index is 0.124. The van der Waals surface area contributed by atoms with Crippen LogP contribution in [0.1, 0.15) is 16.2 Å². The van der Waals surface area contributed by atoms with Crippen LogP contribution in [0, 0.1) is 12.7 Å². The average molecular weight is 366 g/mol. The molecule has 1 fully saturated rings. The molecule has 1 aromatic heterocycles. The summed E-state index contributed by atoms with van der Waals surface area (Å²) in [7, 11) is -2.21. The maximum atomic E-state index is 13.8. The number of carbonyl (C=O) groups excluding carboxylic acids is 1. The van der Waals surface area contributed by atoms with Crippen molar-refractivity contribution < 1.29 is 17.6 Å².